The van der Waals surface area contributed by atoms with Crippen molar-refractivity contribution in [3.05, 3.63) is 28.9 Å². The minimum Gasteiger partial charge on any atom is -0.515 e. The van der Waals surface area contributed by atoms with Crippen LogP contribution in [0.1, 0.15) is 50.7 Å². The number of aliphatic hydroxyl groups excluding tert-OH is 1. The maximum Gasteiger partial charge on any atom is 0.220 e. The van der Waals surface area contributed by atoms with Gasteiger partial charge in [-0.3, -0.25) is 4.79 Å². The van der Waals surface area contributed by atoms with Crippen LogP contribution in [0.3, 0.4) is 0 Å². The Hall–Kier alpha value is -1.91. The number of allylic oxidation sites excluding steroid dienone is 1. The van der Waals surface area contributed by atoms with Crippen molar-refractivity contribution in [2.24, 2.45) is 11.8 Å². The third kappa shape index (κ3) is 2.33. The zero-order valence-corrected chi connectivity index (χ0v) is 14.2. The van der Waals surface area contributed by atoms with Crippen molar-refractivity contribution in [2.75, 3.05) is 6.61 Å². The number of rotatable bonds is 2. The molecular formula is C18H24N2O3. The summed E-state index contributed by atoms with van der Waals surface area (Å²) < 4.78 is 5.73. The summed E-state index contributed by atoms with van der Waals surface area (Å²) in [7, 11) is 0. The number of aryl methyl sites for hydroxylation is 1. The SMILES string of the molecule is CCOc1nc(C)nc2c1CC[C@H]1[C@H](C)C(=O)/C(=C\O)C[C@]21C. The van der Waals surface area contributed by atoms with E-state index in [0.29, 0.717) is 30.3 Å². The second-order valence-corrected chi connectivity index (χ2v) is 6.88. The average molecular weight is 316 g/mol. The highest BCUT2D eigenvalue weighted by Crippen LogP contribution is 2.52. The lowest BCUT2D eigenvalue weighted by Crippen LogP contribution is -2.48. The molecule has 23 heavy (non-hydrogen) atoms. The first-order valence-corrected chi connectivity index (χ1v) is 8.30. The van der Waals surface area contributed by atoms with Gasteiger partial charge >= 0.3 is 0 Å². The number of fused-ring (bicyclic) bond motifs is 3. The summed E-state index contributed by atoms with van der Waals surface area (Å²) in [6.45, 7) is 8.52. The van der Waals surface area contributed by atoms with Crippen LogP contribution in [-0.4, -0.2) is 27.5 Å². The molecule has 1 aromatic rings. The fourth-order valence-corrected chi connectivity index (χ4v) is 4.40. The van der Waals surface area contributed by atoms with E-state index < -0.39 is 0 Å². The highest BCUT2D eigenvalue weighted by molar-refractivity contribution is 5.98. The van der Waals surface area contributed by atoms with E-state index in [-0.39, 0.29) is 23.0 Å². The molecule has 2 aliphatic carbocycles. The molecule has 1 fully saturated rings. The number of Topliss-reactive ketones (excluding diaryl/α,β-unsaturated/α-hetero) is 1. The summed E-state index contributed by atoms with van der Waals surface area (Å²) in [6, 6.07) is 0. The number of aliphatic hydroxyl groups is 1. The highest BCUT2D eigenvalue weighted by Gasteiger charge is 2.51. The second kappa shape index (κ2) is 5.62. The molecule has 0 bridgehead atoms. The second-order valence-electron chi connectivity index (χ2n) is 6.88. The van der Waals surface area contributed by atoms with Gasteiger partial charge in [0, 0.05) is 22.5 Å². The van der Waals surface area contributed by atoms with Crippen LogP contribution in [0.15, 0.2) is 11.8 Å². The maximum absolute atomic E-state index is 12.4. The number of nitrogens with zero attached hydrogens (tertiary/aromatic N) is 2. The van der Waals surface area contributed by atoms with Gasteiger partial charge in [-0.15, -0.1) is 0 Å². The predicted molar refractivity (Wildman–Crippen MR) is 86.6 cm³/mol. The molecule has 5 nitrogen and oxygen atoms in total. The maximum atomic E-state index is 12.4. The Kier molecular flexibility index (Phi) is 3.90. The van der Waals surface area contributed by atoms with Gasteiger partial charge in [0.25, 0.3) is 0 Å². The lowest BCUT2D eigenvalue weighted by molar-refractivity contribution is -0.124. The molecule has 0 saturated heterocycles. The number of carbonyl (C=O) groups is 1. The first-order chi connectivity index (χ1) is 10.9. The van der Waals surface area contributed by atoms with Crippen LogP contribution < -0.4 is 4.74 Å². The summed E-state index contributed by atoms with van der Waals surface area (Å²) in [5, 5.41) is 9.49. The molecule has 1 N–H and O–H groups in total. The molecule has 0 aliphatic heterocycles. The molecule has 0 aromatic carbocycles. The van der Waals surface area contributed by atoms with Gasteiger partial charge in [0.2, 0.25) is 5.88 Å². The molecule has 1 aromatic heterocycles. The molecule has 3 rings (SSSR count). The fourth-order valence-electron chi connectivity index (χ4n) is 4.40. The summed E-state index contributed by atoms with van der Waals surface area (Å²) in [5.41, 5.74) is 2.28. The van der Waals surface area contributed by atoms with Crippen molar-refractivity contribution in [3.8, 4) is 5.88 Å². The normalized spacial score (nSPS) is 31.7. The number of hydrogen-bond acceptors (Lipinski definition) is 5. The van der Waals surface area contributed by atoms with E-state index in [1.54, 1.807) is 0 Å². The highest BCUT2D eigenvalue weighted by atomic mass is 16.5. The van der Waals surface area contributed by atoms with Crippen molar-refractivity contribution in [2.45, 2.75) is 52.4 Å². The average Bonchev–Trinajstić information content (AvgIpc) is 2.52. The van der Waals surface area contributed by atoms with Crippen molar-refractivity contribution in [1.82, 2.24) is 9.97 Å². The number of ether oxygens (including phenoxy) is 1. The molecule has 0 amide bonds. The third-order valence-electron chi connectivity index (χ3n) is 5.47. The number of ketones is 1. The molecule has 0 unspecified atom stereocenters. The Morgan fingerprint density at radius 2 is 2.17 bits per heavy atom. The topological polar surface area (TPSA) is 72.3 Å². The van der Waals surface area contributed by atoms with Crippen molar-refractivity contribution in [1.29, 1.82) is 0 Å². The van der Waals surface area contributed by atoms with Crippen LogP contribution in [0.25, 0.3) is 0 Å². The van der Waals surface area contributed by atoms with Crippen molar-refractivity contribution in [3.63, 3.8) is 0 Å². The Morgan fingerprint density at radius 3 is 2.83 bits per heavy atom. The standard InChI is InChI=1S/C18H24N2O3/c1-5-23-17-13-6-7-14-10(2)15(22)12(9-21)8-18(14,4)16(13)19-11(3)20-17/h9-10,14,21H,5-8H2,1-4H3/b12-9-/t10-,14-,18-/m0/s1. The van der Waals surface area contributed by atoms with Crippen LogP contribution in [0.2, 0.25) is 0 Å². The molecule has 0 spiro atoms. The molecule has 124 valence electrons. The summed E-state index contributed by atoms with van der Waals surface area (Å²) in [4.78, 5) is 21.6. The Labute approximate surface area is 136 Å². The lowest BCUT2D eigenvalue weighted by Gasteiger charge is -2.48. The molecule has 3 atom stereocenters. The van der Waals surface area contributed by atoms with E-state index in [9.17, 15) is 9.90 Å². The number of carbonyl (C=O) groups excluding carboxylic acids is 1. The summed E-state index contributed by atoms with van der Waals surface area (Å²) >= 11 is 0. The summed E-state index contributed by atoms with van der Waals surface area (Å²) in [5.74, 6) is 1.55. The molecule has 2 aliphatic rings. The molecule has 0 radical (unpaired) electrons. The molecular weight excluding hydrogens is 292 g/mol. The quantitative estimate of drug-likeness (QED) is 0.670. The first-order valence-electron chi connectivity index (χ1n) is 8.30. The van der Waals surface area contributed by atoms with Gasteiger partial charge < -0.3 is 9.84 Å². The van der Waals surface area contributed by atoms with Crippen LogP contribution in [-0.2, 0) is 16.6 Å². The van der Waals surface area contributed by atoms with Gasteiger partial charge in [-0.05, 0) is 39.0 Å². The van der Waals surface area contributed by atoms with Crippen LogP contribution in [0, 0.1) is 18.8 Å². The molecule has 1 heterocycles. The van der Waals surface area contributed by atoms with Gasteiger partial charge in [0.15, 0.2) is 5.78 Å². The van der Waals surface area contributed by atoms with E-state index >= 15 is 0 Å². The summed E-state index contributed by atoms with van der Waals surface area (Å²) in [6.07, 6.45) is 3.25. The van der Waals surface area contributed by atoms with Gasteiger partial charge in [0.05, 0.1) is 18.6 Å². The van der Waals surface area contributed by atoms with Crippen molar-refractivity contribution < 1.29 is 14.6 Å². The predicted octanol–water partition coefficient (Wildman–Crippen LogP) is 3.05. The largest absolute Gasteiger partial charge is 0.515 e. The Bertz CT molecular complexity index is 683. The third-order valence-corrected chi connectivity index (χ3v) is 5.47. The van der Waals surface area contributed by atoms with Crippen LogP contribution in [0.4, 0.5) is 0 Å². The molecule has 5 heteroatoms. The van der Waals surface area contributed by atoms with Gasteiger partial charge in [0.1, 0.15) is 5.82 Å². The van der Waals surface area contributed by atoms with Gasteiger partial charge in [-0.2, -0.15) is 4.98 Å². The van der Waals surface area contributed by atoms with E-state index in [1.165, 1.54) is 0 Å². The van der Waals surface area contributed by atoms with Gasteiger partial charge in [-0.25, -0.2) is 4.98 Å². The Balaban J connectivity index is 2.16. The van der Waals surface area contributed by atoms with E-state index in [0.717, 1.165) is 30.4 Å². The number of hydrogen-bond donors (Lipinski definition) is 1. The van der Waals surface area contributed by atoms with E-state index in [4.69, 9.17) is 9.72 Å². The monoisotopic (exact) mass is 316 g/mol. The fraction of sp³-hybridized carbons (Fsp3) is 0.611. The lowest BCUT2D eigenvalue weighted by atomic mass is 9.55. The smallest absolute Gasteiger partial charge is 0.220 e. The minimum absolute atomic E-state index is 0.0641. The first kappa shape index (κ1) is 16.0. The van der Waals surface area contributed by atoms with E-state index in [2.05, 4.69) is 11.9 Å². The zero-order chi connectivity index (χ0) is 16.8. The Morgan fingerprint density at radius 1 is 1.43 bits per heavy atom. The van der Waals surface area contributed by atoms with Crippen LogP contribution in [0.5, 0.6) is 5.88 Å². The zero-order valence-electron chi connectivity index (χ0n) is 14.2. The van der Waals surface area contributed by atoms with Crippen molar-refractivity contribution >= 4 is 5.78 Å². The van der Waals surface area contributed by atoms with E-state index in [1.807, 2.05) is 20.8 Å². The van der Waals surface area contributed by atoms with Gasteiger partial charge in [-0.1, -0.05) is 13.8 Å². The number of aromatic nitrogens is 2. The van der Waals surface area contributed by atoms with Crippen LogP contribution >= 0.6 is 0 Å². The minimum atomic E-state index is -0.269. The molecule has 1 saturated carbocycles.